The van der Waals surface area contributed by atoms with E-state index in [2.05, 4.69) is 25.6 Å². The summed E-state index contributed by atoms with van der Waals surface area (Å²) in [6.07, 6.45) is 1.84. The van der Waals surface area contributed by atoms with Gasteiger partial charge < -0.3 is 10.3 Å². The van der Waals surface area contributed by atoms with Crippen LogP contribution < -0.4 is 10.6 Å². The largest absolute Gasteiger partial charge is 0.355 e. The number of fused-ring (bicyclic) bond motifs is 1. The number of aromatic nitrogens is 2. The van der Waals surface area contributed by atoms with Crippen LogP contribution in [0.15, 0.2) is 29.3 Å². The number of hydrogen-bond acceptors (Lipinski definition) is 4. The van der Waals surface area contributed by atoms with E-state index in [0.29, 0.717) is 5.96 Å². The zero-order valence-corrected chi connectivity index (χ0v) is 12.0. The van der Waals surface area contributed by atoms with Crippen molar-refractivity contribution in [1.29, 1.82) is 5.26 Å². The summed E-state index contributed by atoms with van der Waals surface area (Å²) in [7, 11) is 1.63. The second-order valence-corrected chi connectivity index (χ2v) is 5.09. The number of rotatable bonds is 5. The first-order valence-corrected chi connectivity index (χ1v) is 7.36. The van der Waals surface area contributed by atoms with Crippen LogP contribution >= 0.6 is 11.8 Å². The Morgan fingerprint density at radius 1 is 1.50 bits per heavy atom. The fourth-order valence-corrected chi connectivity index (χ4v) is 2.44. The highest BCUT2D eigenvalue weighted by Gasteiger charge is 2.02. The molecule has 104 valence electrons. The highest BCUT2D eigenvalue weighted by Crippen LogP contribution is 2.14. The van der Waals surface area contributed by atoms with Crippen LogP contribution in [0.1, 0.15) is 5.82 Å². The molecule has 0 spiro atoms. The quantitative estimate of drug-likeness (QED) is 0.255. The standard InChI is InChI=1S/C13H16N6S/c1-15-13(17-9-14)16-6-7-20-8-12-18-10-4-2-3-5-11(10)19-12/h2-5H,6-8H2,1H3,(H,18,19)(H2,15,16,17). The van der Waals surface area contributed by atoms with Gasteiger partial charge in [0.05, 0.1) is 16.8 Å². The molecule has 0 fully saturated rings. The third kappa shape index (κ3) is 3.90. The normalized spacial score (nSPS) is 11.3. The number of nitrogens with zero attached hydrogens (tertiary/aromatic N) is 3. The molecule has 6 nitrogen and oxygen atoms in total. The molecule has 1 aromatic carbocycles. The number of nitrogens with one attached hydrogen (secondary N) is 3. The van der Waals surface area contributed by atoms with E-state index in [-0.39, 0.29) is 0 Å². The molecule has 7 heteroatoms. The monoisotopic (exact) mass is 288 g/mol. The summed E-state index contributed by atoms with van der Waals surface area (Å²) in [5.74, 6) is 3.22. The van der Waals surface area contributed by atoms with Gasteiger partial charge in [0.25, 0.3) is 0 Å². The van der Waals surface area contributed by atoms with Crippen LogP contribution in [0.2, 0.25) is 0 Å². The summed E-state index contributed by atoms with van der Waals surface area (Å²) in [6.45, 7) is 0.742. The number of nitriles is 1. The number of aliphatic imine (C=N–C) groups is 1. The Hall–Kier alpha value is -2.20. The van der Waals surface area contributed by atoms with Crippen LogP contribution in [-0.2, 0) is 5.75 Å². The zero-order chi connectivity index (χ0) is 14.2. The lowest BCUT2D eigenvalue weighted by Gasteiger charge is -2.05. The summed E-state index contributed by atoms with van der Waals surface area (Å²) in [5, 5.41) is 14.0. The summed E-state index contributed by atoms with van der Waals surface area (Å²) in [6, 6.07) is 8.00. The van der Waals surface area contributed by atoms with Crippen molar-refractivity contribution in [2.75, 3.05) is 19.3 Å². The van der Waals surface area contributed by atoms with Crippen molar-refractivity contribution >= 4 is 28.8 Å². The number of benzene rings is 1. The minimum absolute atomic E-state index is 0.497. The Morgan fingerprint density at radius 3 is 3.10 bits per heavy atom. The van der Waals surface area contributed by atoms with E-state index in [0.717, 1.165) is 34.9 Å². The van der Waals surface area contributed by atoms with Gasteiger partial charge in [-0.05, 0) is 12.1 Å². The number of imidazole rings is 1. The minimum atomic E-state index is 0.497. The maximum absolute atomic E-state index is 8.49. The molecular formula is C13H16N6S. The van der Waals surface area contributed by atoms with Gasteiger partial charge in [-0.15, -0.1) is 0 Å². The average Bonchev–Trinajstić information content (AvgIpc) is 2.88. The first-order chi connectivity index (χ1) is 9.83. The van der Waals surface area contributed by atoms with E-state index in [1.165, 1.54) is 0 Å². The molecule has 0 radical (unpaired) electrons. The Balaban J connectivity index is 1.72. The van der Waals surface area contributed by atoms with Crippen molar-refractivity contribution in [1.82, 2.24) is 20.6 Å². The van der Waals surface area contributed by atoms with Crippen LogP contribution in [-0.4, -0.2) is 35.3 Å². The first-order valence-electron chi connectivity index (χ1n) is 6.20. The highest BCUT2D eigenvalue weighted by atomic mass is 32.2. The van der Waals surface area contributed by atoms with Gasteiger partial charge in [0.1, 0.15) is 5.82 Å². The Morgan fingerprint density at radius 2 is 2.35 bits per heavy atom. The van der Waals surface area contributed by atoms with Gasteiger partial charge >= 0.3 is 0 Å². The molecule has 1 aromatic heterocycles. The van der Waals surface area contributed by atoms with Crippen molar-refractivity contribution in [2.24, 2.45) is 4.99 Å². The number of H-pyrrole nitrogens is 1. The molecule has 0 saturated heterocycles. The summed E-state index contributed by atoms with van der Waals surface area (Å²) < 4.78 is 0. The molecule has 0 saturated carbocycles. The van der Waals surface area contributed by atoms with E-state index in [4.69, 9.17) is 5.26 Å². The Bertz CT molecular complexity index is 594. The van der Waals surface area contributed by atoms with Crippen LogP contribution in [0.3, 0.4) is 0 Å². The topological polar surface area (TPSA) is 88.9 Å². The molecule has 0 amide bonds. The van der Waals surface area contributed by atoms with E-state index in [1.54, 1.807) is 18.8 Å². The number of guanidine groups is 1. The maximum Gasteiger partial charge on any atom is 0.204 e. The van der Waals surface area contributed by atoms with Crippen molar-refractivity contribution in [3.05, 3.63) is 30.1 Å². The highest BCUT2D eigenvalue weighted by molar-refractivity contribution is 7.98. The Labute approximate surface area is 121 Å². The lowest BCUT2D eigenvalue weighted by Crippen LogP contribution is -2.35. The second-order valence-electron chi connectivity index (χ2n) is 3.99. The minimum Gasteiger partial charge on any atom is -0.355 e. The lowest BCUT2D eigenvalue weighted by atomic mass is 10.3. The molecular weight excluding hydrogens is 272 g/mol. The molecule has 2 aromatic rings. The van der Waals surface area contributed by atoms with Gasteiger partial charge in [-0.3, -0.25) is 10.3 Å². The smallest absolute Gasteiger partial charge is 0.204 e. The molecule has 0 atom stereocenters. The molecule has 0 bridgehead atoms. The molecule has 0 aliphatic carbocycles. The average molecular weight is 288 g/mol. The fourth-order valence-electron chi connectivity index (χ4n) is 1.72. The van der Waals surface area contributed by atoms with E-state index in [9.17, 15) is 0 Å². The van der Waals surface area contributed by atoms with Gasteiger partial charge in [-0.2, -0.15) is 17.0 Å². The van der Waals surface area contributed by atoms with Gasteiger partial charge in [0.2, 0.25) is 5.96 Å². The van der Waals surface area contributed by atoms with Crippen molar-refractivity contribution < 1.29 is 0 Å². The van der Waals surface area contributed by atoms with Crippen LogP contribution in [0, 0.1) is 11.5 Å². The summed E-state index contributed by atoms with van der Waals surface area (Å²) in [4.78, 5) is 11.7. The molecule has 0 unspecified atom stereocenters. The third-order valence-electron chi connectivity index (χ3n) is 2.61. The fraction of sp³-hybridized carbons (Fsp3) is 0.308. The van der Waals surface area contributed by atoms with Crippen LogP contribution in [0.4, 0.5) is 0 Å². The number of thioether (sulfide) groups is 1. The molecule has 0 aliphatic heterocycles. The number of para-hydroxylation sites is 2. The van der Waals surface area contributed by atoms with Crippen molar-refractivity contribution in [2.45, 2.75) is 5.75 Å². The lowest BCUT2D eigenvalue weighted by molar-refractivity contribution is 0.930. The van der Waals surface area contributed by atoms with Gasteiger partial charge in [-0.25, -0.2) is 4.98 Å². The molecule has 0 aliphatic rings. The molecule has 2 rings (SSSR count). The maximum atomic E-state index is 8.49. The van der Waals surface area contributed by atoms with Gasteiger partial charge in [0, 0.05) is 19.3 Å². The predicted molar refractivity (Wildman–Crippen MR) is 82.4 cm³/mol. The van der Waals surface area contributed by atoms with E-state index >= 15 is 0 Å². The van der Waals surface area contributed by atoms with Crippen molar-refractivity contribution in [3.8, 4) is 6.19 Å². The third-order valence-corrected chi connectivity index (χ3v) is 3.58. The molecule has 20 heavy (non-hydrogen) atoms. The summed E-state index contributed by atoms with van der Waals surface area (Å²) in [5.41, 5.74) is 2.07. The SMILES string of the molecule is C/N=C(\NC#N)NCCSCc1nc2ccccc2[nH]1. The second kappa shape index (κ2) is 7.40. The van der Waals surface area contributed by atoms with E-state index in [1.807, 2.05) is 30.5 Å². The van der Waals surface area contributed by atoms with Crippen LogP contribution in [0.25, 0.3) is 11.0 Å². The number of aromatic amines is 1. The molecule has 3 N–H and O–H groups in total. The van der Waals surface area contributed by atoms with Gasteiger partial charge in [0.15, 0.2) is 6.19 Å². The zero-order valence-electron chi connectivity index (χ0n) is 11.2. The van der Waals surface area contributed by atoms with Crippen molar-refractivity contribution in [3.63, 3.8) is 0 Å². The summed E-state index contributed by atoms with van der Waals surface area (Å²) >= 11 is 1.77. The predicted octanol–water partition coefficient (Wildman–Crippen LogP) is 1.44. The van der Waals surface area contributed by atoms with Crippen LogP contribution in [0.5, 0.6) is 0 Å². The first kappa shape index (κ1) is 14.2. The molecule has 1 heterocycles. The van der Waals surface area contributed by atoms with Gasteiger partial charge in [-0.1, -0.05) is 12.1 Å². The Kier molecular flexibility index (Phi) is 5.26. The van der Waals surface area contributed by atoms with E-state index < -0.39 is 0 Å². The number of hydrogen-bond donors (Lipinski definition) is 3.